The van der Waals surface area contributed by atoms with Gasteiger partial charge in [-0.15, -0.1) is 11.3 Å². The minimum atomic E-state index is -0.241. The van der Waals surface area contributed by atoms with Crippen LogP contribution in [0.2, 0.25) is 0 Å². The van der Waals surface area contributed by atoms with Crippen molar-refractivity contribution in [2.24, 2.45) is 0 Å². The van der Waals surface area contributed by atoms with Gasteiger partial charge < -0.3 is 4.74 Å². The number of hydrogen-bond donors (Lipinski definition) is 0. The van der Waals surface area contributed by atoms with Crippen LogP contribution < -0.4 is 0 Å². The molecular formula is C11H16O2S. The van der Waals surface area contributed by atoms with Crippen LogP contribution in [-0.4, -0.2) is 13.1 Å². The first-order valence-corrected chi connectivity index (χ1v) is 5.37. The number of rotatable bonds is 1. The smallest absolute Gasteiger partial charge is 0.338 e. The number of methoxy groups -OCH3 is 1. The van der Waals surface area contributed by atoms with Gasteiger partial charge in [-0.05, 0) is 18.4 Å². The van der Waals surface area contributed by atoms with Crippen molar-refractivity contribution in [3.8, 4) is 0 Å². The highest BCUT2D eigenvalue weighted by molar-refractivity contribution is 7.12. The Kier molecular flexibility index (Phi) is 3.00. The van der Waals surface area contributed by atoms with Crippen molar-refractivity contribution in [3.63, 3.8) is 0 Å². The zero-order valence-electron chi connectivity index (χ0n) is 9.30. The molecule has 0 fully saturated rings. The molecule has 1 rings (SSSR count). The van der Waals surface area contributed by atoms with E-state index in [4.69, 9.17) is 4.74 Å². The van der Waals surface area contributed by atoms with Crippen LogP contribution in [0.3, 0.4) is 0 Å². The van der Waals surface area contributed by atoms with Gasteiger partial charge in [-0.25, -0.2) is 4.79 Å². The molecule has 0 bridgehead atoms. The molecule has 3 heteroatoms. The highest BCUT2D eigenvalue weighted by atomic mass is 32.1. The standard InChI is InChI=1S/C11H16O2S/c1-7-8(10(12)13-5)6-9(14-7)11(2,3)4/h6H,1-5H3. The summed E-state index contributed by atoms with van der Waals surface area (Å²) in [6.45, 7) is 8.37. The van der Waals surface area contributed by atoms with Crippen LogP contribution in [-0.2, 0) is 10.2 Å². The molecule has 0 aliphatic carbocycles. The maximum Gasteiger partial charge on any atom is 0.338 e. The third-order valence-electron chi connectivity index (χ3n) is 2.06. The summed E-state index contributed by atoms with van der Waals surface area (Å²) in [6, 6.07) is 1.94. The summed E-state index contributed by atoms with van der Waals surface area (Å²) < 4.78 is 4.71. The van der Waals surface area contributed by atoms with E-state index in [1.807, 2.05) is 13.0 Å². The lowest BCUT2D eigenvalue weighted by molar-refractivity contribution is 0.0600. The summed E-state index contributed by atoms with van der Waals surface area (Å²) in [7, 11) is 1.41. The molecule has 0 radical (unpaired) electrons. The molecule has 0 N–H and O–H groups in total. The average Bonchev–Trinajstić information content (AvgIpc) is 2.45. The fraction of sp³-hybridized carbons (Fsp3) is 0.545. The molecule has 78 valence electrons. The molecule has 0 aliphatic rings. The monoisotopic (exact) mass is 212 g/mol. The lowest BCUT2D eigenvalue weighted by Gasteiger charge is -2.15. The van der Waals surface area contributed by atoms with E-state index in [1.54, 1.807) is 11.3 Å². The van der Waals surface area contributed by atoms with Crippen LogP contribution in [0.25, 0.3) is 0 Å². The summed E-state index contributed by atoms with van der Waals surface area (Å²) >= 11 is 1.66. The van der Waals surface area contributed by atoms with Gasteiger partial charge >= 0.3 is 5.97 Å². The number of thiophene rings is 1. The van der Waals surface area contributed by atoms with E-state index < -0.39 is 0 Å². The second kappa shape index (κ2) is 3.73. The quantitative estimate of drug-likeness (QED) is 0.668. The summed E-state index contributed by atoms with van der Waals surface area (Å²) in [6.07, 6.45) is 0. The van der Waals surface area contributed by atoms with E-state index in [0.29, 0.717) is 5.56 Å². The number of carbonyl (C=O) groups excluding carboxylic acids is 1. The first-order valence-electron chi connectivity index (χ1n) is 4.55. The number of hydrogen-bond acceptors (Lipinski definition) is 3. The summed E-state index contributed by atoms with van der Waals surface area (Å²) in [5.74, 6) is -0.241. The van der Waals surface area contributed by atoms with Gasteiger partial charge in [-0.3, -0.25) is 0 Å². The summed E-state index contributed by atoms with van der Waals surface area (Å²) in [4.78, 5) is 13.6. The third kappa shape index (κ3) is 2.15. The van der Waals surface area contributed by atoms with Crippen LogP contribution >= 0.6 is 11.3 Å². The Bertz CT molecular complexity index is 345. The zero-order valence-corrected chi connectivity index (χ0v) is 10.1. The SMILES string of the molecule is COC(=O)c1cc(C(C)(C)C)sc1C. The average molecular weight is 212 g/mol. The molecule has 0 spiro atoms. The summed E-state index contributed by atoms with van der Waals surface area (Å²) in [5, 5.41) is 0. The Hall–Kier alpha value is -0.830. The predicted molar refractivity (Wildman–Crippen MR) is 59.1 cm³/mol. The molecule has 14 heavy (non-hydrogen) atoms. The fourth-order valence-electron chi connectivity index (χ4n) is 1.16. The van der Waals surface area contributed by atoms with E-state index in [1.165, 1.54) is 12.0 Å². The first kappa shape index (κ1) is 11.2. The van der Waals surface area contributed by atoms with E-state index >= 15 is 0 Å². The fourth-order valence-corrected chi connectivity index (χ4v) is 2.23. The van der Waals surface area contributed by atoms with Gasteiger partial charge in [0.2, 0.25) is 0 Å². The van der Waals surface area contributed by atoms with Crippen molar-refractivity contribution in [1.29, 1.82) is 0 Å². The van der Waals surface area contributed by atoms with Crippen molar-refractivity contribution in [2.45, 2.75) is 33.1 Å². The molecular weight excluding hydrogens is 196 g/mol. The van der Waals surface area contributed by atoms with Gasteiger partial charge in [0.1, 0.15) is 0 Å². The van der Waals surface area contributed by atoms with Crippen LogP contribution in [0, 0.1) is 6.92 Å². The largest absolute Gasteiger partial charge is 0.465 e. The van der Waals surface area contributed by atoms with E-state index in [9.17, 15) is 4.79 Å². The van der Waals surface area contributed by atoms with Gasteiger partial charge in [-0.1, -0.05) is 20.8 Å². The predicted octanol–water partition coefficient (Wildman–Crippen LogP) is 3.14. The van der Waals surface area contributed by atoms with E-state index in [2.05, 4.69) is 20.8 Å². The second-order valence-corrected chi connectivity index (χ2v) is 5.58. The highest BCUT2D eigenvalue weighted by Crippen LogP contribution is 2.32. The molecule has 2 nitrogen and oxygen atoms in total. The van der Waals surface area contributed by atoms with Crippen molar-refractivity contribution < 1.29 is 9.53 Å². The third-order valence-corrected chi connectivity index (χ3v) is 3.54. The Morgan fingerprint density at radius 2 is 2.00 bits per heavy atom. The molecule has 0 saturated carbocycles. The molecule has 1 heterocycles. The topological polar surface area (TPSA) is 26.3 Å². The number of carbonyl (C=O) groups is 1. The maximum absolute atomic E-state index is 11.4. The lowest BCUT2D eigenvalue weighted by atomic mass is 9.94. The number of aryl methyl sites for hydroxylation is 1. The Balaban J connectivity index is 3.12. The molecule has 0 amide bonds. The van der Waals surface area contributed by atoms with Crippen molar-refractivity contribution in [1.82, 2.24) is 0 Å². The van der Waals surface area contributed by atoms with Gasteiger partial charge in [0, 0.05) is 9.75 Å². The van der Waals surface area contributed by atoms with Gasteiger partial charge in [0.25, 0.3) is 0 Å². The second-order valence-electron chi connectivity index (χ2n) is 4.32. The molecule has 0 saturated heterocycles. The zero-order chi connectivity index (χ0) is 10.9. The van der Waals surface area contributed by atoms with Gasteiger partial charge in [0.15, 0.2) is 0 Å². The molecule has 0 unspecified atom stereocenters. The minimum Gasteiger partial charge on any atom is -0.465 e. The Labute approximate surface area is 88.9 Å². The van der Waals surface area contributed by atoms with Crippen LogP contribution in [0.4, 0.5) is 0 Å². The maximum atomic E-state index is 11.4. The Morgan fingerprint density at radius 3 is 2.36 bits per heavy atom. The highest BCUT2D eigenvalue weighted by Gasteiger charge is 2.21. The number of ether oxygens (including phenoxy) is 1. The molecule has 0 atom stereocenters. The van der Waals surface area contributed by atoms with Crippen molar-refractivity contribution >= 4 is 17.3 Å². The van der Waals surface area contributed by atoms with Crippen LogP contribution in [0.1, 0.15) is 40.9 Å². The number of esters is 1. The van der Waals surface area contributed by atoms with E-state index in [-0.39, 0.29) is 11.4 Å². The molecule has 1 aromatic rings. The lowest BCUT2D eigenvalue weighted by Crippen LogP contribution is -2.08. The Morgan fingerprint density at radius 1 is 1.43 bits per heavy atom. The van der Waals surface area contributed by atoms with Crippen molar-refractivity contribution in [2.75, 3.05) is 7.11 Å². The minimum absolute atomic E-state index is 0.0989. The normalized spacial score (nSPS) is 11.5. The first-order chi connectivity index (χ1) is 6.36. The molecule has 0 aliphatic heterocycles. The van der Waals surface area contributed by atoms with Crippen LogP contribution in [0.15, 0.2) is 6.07 Å². The van der Waals surface area contributed by atoms with Gasteiger partial charge in [-0.2, -0.15) is 0 Å². The van der Waals surface area contributed by atoms with E-state index in [0.717, 1.165) is 4.88 Å². The molecule has 1 aromatic heterocycles. The molecule has 0 aromatic carbocycles. The van der Waals surface area contributed by atoms with Crippen LogP contribution in [0.5, 0.6) is 0 Å². The summed E-state index contributed by atoms with van der Waals surface area (Å²) in [5.41, 5.74) is 0.796. The van der Waals surface area contributed by atoms with Crippen molar-refractivity contribution in [3.05, 3.63) is 21.4 Å². The van der Waals surface area contributed by atoms with Gasteiger partial charge in [0.05, 0.1) is 12.7 Å².